The molecule has 0 bridgehead atoms. The fourth-order valence-corrected chi connectivity index (χ4v) is 2.01. The van der Waals surface area contributed by atoms with Crippen LogP contribution in [0.3, 0.4) is 0 Å². The molecule has 0 heterocycles. The van der Waals surface area contributed by atoms with Crippen molar-refractivity contribution in [2.75, 3.05) is 6.26 Å². The summed E-state index contributed by atoms with van der Waals surface area (Å²) >= 11 is 0. The van der Waals surface area contributed by atoms with Crippen LogP contribution in [-0.2, 0) is 0 Å². The van der Waals surface area contributed by atoms with Gasteiger partial charge in [0.25, 0.3) is 0 Å². The van der Waals surface area contributed by atoms with Crippen molar-refractivity contribution >= 4 is 9.84 Å². The van der Waals surface area contributed by atoms with Crippen LogP contribution in [0.2, 0.25) is 0 Å². The van der Waals surface area contributed by atoms with E-state index in [1.165, 1.54) is 12.1 Å². The van der Waals surface area contributed by atoms with Crippen molar-refractivity contribution in [3.63, 3.8) is 0 Å². The van der Waals surface area contributed by atoms with E-state index in [2.05, 4.69) is 0 Å². The Bertz CT molecular complexity index is 360. The summed E-state index contributed by atoms with van der Waals surface area (Å²) in [4.78, 5) is -1.17. The Morgan fingerprint density at radius 1 is 0.933 bits per heavy atom. The number of hydrogen-bond acceptors (Lipinski definition) is 0. The van der Waals surface area contributed by atoms with Crippen LogP contribution in [0.25, 0.3) is 0 Å². The van der Waals surface area contributed by atoms with Crippen molar-refractivity contribution in [1.29, 1.82) is 0 Å². The fourth-order valence-electron chi connectivity index (χ4n) is 1.19. The van der Waals surface area contributed by atoms with Gasteiger partial charge in [-0.25, -0.2) is 0 Å². The van der Waals surface area contributed by atoms with Crippen molar-refractivity contribution in [2.45, 2.75) is 24.7 Å². The molecule has 1 aromatic rings. The predicted molar refractivity (Wildman–Crippen MR) is 56.7 cm³/mol. The molecule has 0 saturated carbocycles. The first-order chi connectivity index (χ1) is 6.40. The Kier molecular flexibility index (Phi) is 2.22. The van der Waals surface area contributed by atoms with Crippen LogP contribution in [0.15, 0.2) is 29.2 Å². The Hall–Kier alpha value is -0.710. The summed E-state index contributed by atoms with van der Waals surface area (Å²) < 4.78 is 51.8. The van der Waals surface area contributed by atoms with E-state index in [0.29, 0.717) is 0 Å². The van der Waals surface area contributed by atoms with Gasteiger partial charge in [0.15, 0.2) is 9.84 Å². The number of benzene rings is 1. The number of rotatable bonds is 2. The van der Waals surface area contributed by atoms with Crippen LogP contribution in [-0.4, -0.2) is 6.26 Å². The summed E-state index contributed by atoms with van der Waals surface area (Å²) in [6, 6.07) is 4.28. The zero-order valence-electron chi connectivity index (χ0n) is 8.81. The minimum Gasteiger partial charge on any atom is -0.121 e. The lowest BCUT2D eigenvalue weighted by molar-refractivity contribution is 0.457. The topological polar surface area (TPSA) is 0 Å². The molecular formula is C10H14F4S. The zero-order chi connectivity index (χ0) is 12.0. The third kappa shape index (κ3) is 3.12. The van der Waals surface area contributed by atoms with E-state index in [1.807, 2.05) is 13.8 Å². The van der Waals surface area contributed by atoms with E-state index in [0.717, 1.165) is 17.7 Å². The van der Waals surface area contributed by atoms with E-state index in [4.69, 9.17) is 0 Å². The number of hydrogen-bond donors (Lipinski definition) is 0. The van der Waals surface area contributed by atoms with Gasteiger partial charge in [-0.05, 0) is 23.6 Å². The van der Waals surface area contributed by atoms with E-state index in [-0.39, 0.29) is 12.2 Å². The Morgan fingerprint density at radius 3 is 1.60 bits per heavy atom. The molecule has 0 aliphatic carbocycles. The van der Waals surface area contributed by atoms with E-state index in [9.17, 15) is 15.5 Å². The Morgan fingerprint density at radius 2 is 1.33 bits per heavy atom. The molecule has 0 atom stereocenters. The molecule has 0 aliphatic rings. The Labute approximate surface area is 86.7 Å². The molecular weight excluding hydrogens is 228 g/mol. The lowest BCUT2D eigenvalue weighted by Crippen LogP contribution is -2.10. The van der Waals surface area contributed by atoms with Gasteiger partial charge in [-0.3, -0.25) is 0 Å². The van der Waals surface area contributed by atoms with Gasteiger partial charge in [0.1, 0.15) is 0 Å². The second kappa shape index (κ2) is 2.70. The second-order valence-corrected chi connectivity index (χ2v) is 7.63. The SMILES string of the molecule is CC(C)c1ccc(S(C)(F)(F)(F)F)cc1. The van der Waals surface area contributed by atoms with Crippen molar-refractivity contribution in [3.8, 4) is 0 Å². The highest BCUT2D eigenvalue weighted by atomic mass is 32.5. The Balaban J connectivity index is 3.23. The molecule has 0 amide bonds. The first-order valence-corrected chi connectivity index (χ1v) is 6.95. The third-order valence-corrected chi connectivity index (χ3v) is 3.60. The van der Waals surface area contributed by atoms with Gasteiger partial charge in [-0.1, -0.05) is 26.0 Å². The molecule has 1 rings (SSSR count). The predicted octanol–water partition coefficient (Wildman–Crippen LogP) is 5.21. The normalized spacial score (nSPS) is 17.3. The average Bonchev–Trinajstić information content (AvgIpc) is 2.00. The molecule has 0 N–H and O–H groups in total. The molecule has 0 saturated heterocycles. The molecule has 5 heteroatoms. The van der Waals surface area contributed by atoms with Crippen LogP contribution in [0.4, 0.5) is 15.5 Å². The molecule has 0 radical (unpaired) electrons. The van der Waals surface area contributed by atoms with E-state index in [1.54, 1.807) is 0 Å². The van der Waals surface area contributed by atoms with Gasteiger partial charge in [0.2, 0.25) is 0 Å². The van der Waals surface area contributed by atoms with E-state index >= 15 is 0 Å². The number of halogens is 4. The second-order valence-electron chi connectivity index (χ2n) is 4.20. The van der Waals surface area contributed by atoms with Crippen molar-refractivity contribution in [1.82, 2.24) is 0 Å². The minimum atomic E-state index is -7.99. The third-order valence-electron chi connectivity index (χ3n) is 2.14. The average molecular weight is 242 g/mol. The highest BCUT2D eigenvalue weighted by Crippen LogP contribution is 2.98. The van der Waals surface area contributed by atoms with Crippen molar-refractivity contribution in [3.05, 3.63) is 29.8 Å². The summed E-state index contributed by atoms with van der Waals surface area (Å²) in [6.45, 7) is 3.73. The van der Waals surface area contributed by atoms with E-state index < -0.39 is 14.7 Å². The summed E-state index contributed by atoms with van der Waals surface area (Å²) in [6.07, 6.45) is -0.260. The quantitative estimate of drug-likeness (QED) is 0.624. The summed E-state index contributed by atoms with van der Waals surface area (Å²) in [5.41, 5.74) is 0.764. The fraction of sp³-hybridized carbons (Fsp3) is 0.400. The first kappa shape index (κ1) is 12.4. The lowest BCUT2D eigenvalue weighted by atomic mass is 10.0. The molecule has 0 spiro atoms. The summed E-state index contributed by atoms with van der Waals surface area (Å²) in [5.74, 6) is 0.134. The molecule has 0 unspecified atom stereocenters. The highest BCUT2D eigenvalue weighted by molar-refractivity contribution is 8.49. The zero-order valence-corrected chi connectivity index (χ0v) is 9.62. The van der Waals surface area contributed by atoms with Crippen LogP contribution >= 0.6 is 9.84 Å². The molecule has 0 aromatic heterocycles. The van der Waals surface area contributed by atoms with Gasteiger partial charge < -0.3 is 0 Å². The van der Waals surface area contributed by atoms with Crippen LogP contribution in [0, 0.1) is 0 Å². The van der Waals surface area contributed by atoms with Gasteiger partial charge >= 0.3 is 0 Å². The highest BCUT2D eigenvalue weighted by Gasteiger charge is 2.59. The van der Waals surface area contributed by atoms with Crippen LogP contribution < -0.4 is 0 Å². The molecule has 0 aliphatic heterocycles. The molecule has 88 valence electrons. The monoisotopic (exact) mass is 242 g/mol. The largest absolute Gasteiger partial charge is 0.184 e. The summed E-state index contributed by atoms with van der Waals surface area (Å²) in [7, 11) is -7.99. The first-order valence-electron chi connectivity index (χ1n) is 4.49. The molecule has 15 heavy (non-hydrogen) atoms. The van der Waals surface area contributed by atoms with Crippen molar-refractivity contribution in [2.24, 2.45) is 0 Å². The van der Waals surface area contributed by atoms with Gasteiger partial charge in [0.05, 0.1) is 11.2 Å². The maximum absolute atomic E-state index is 12.9. The molecule has 0 nitrogen and oxygen atoms in total. The molecule has 1 aromatic carbocycles. The van der Waals surface area contributed by atoms with Gasteiger partial charge in [-0.2, -0.15) is 0 Å². The van der Waals surface area contributed by atoms with Crippen molar-refractivity contribution < 1.29 is 15.5 Å². The molecule has 0 fully saturated rings. The smallest absolute Gasteiger partial charge is 0.121 e. The van der Waals surface area contributed by atoms with Crippen LogP contribution in [0.5, 0.6) is 0 Å². The maximum Gasteiger partial charge on any atom is 0.184 e. The summed E-state index contributed by atoms with van der Waals surface area (Å²) in [5, 5.41) is 0. The maximum atomic E-state index is 12.9. The van der Waals surface area contributed by atoms with Crippen LogP contribution in [0.1, 0.15) is 25.3 Å². The standard InChI is InChI=1S/C10H14F4S/c1-8(2)9-4-6-10(7-5-9)15(3,11,12,13)14/h4-8H,1-3H3. The lowest BCUT2D eigenvalue weighted by Gasteiger charge is -2.46. The van der Waals surface area contributed by atoms with Gasteiger partial charge in [0, 0.05) is 0 Å². The minimum absolute atomic E-state index is 0.134. The van der Waals surface area contributed by atoms with Gasteiger partial charge in [-0.15, -0.1) is 15.5 Å².